The number of hydrogen-bond donors (Lipinski definition) is 1. The zero-order valence-electron chi connectivity index (χ0n) is 10.5. The van der Waals surface area contributed by atoms with Crippen LogP contribution in [0.3, 0.4) is 0 Å². The Hall–Kier alpha value is -0.0900. The van der Waals surface area contributed by atoms with Gasteiger partial charge in [0, 0.05) is 6.54 Å². The summed E-state index contributed by atoms with van der Waals surface area (Å²) in [6.07, 6.45) is 6.02. The predicted octanol–water partition coefficient (Wildman–Crippen LogP) is 1.98. The first-order chi connectivity index (χ1) is 7.56. The second-order valence-corrected chi connectivity index (χ2v) is 7.48. The van der Waals surface area contributed by atoms with Gasteiger partial charge in [-0.1, -0.05) is 19.8 Å². The van der Waals surface area contributed by atoms with E-state index in [1.807, 2.05) is 6.92 Å². The monoisotopic (exact) mass is 247 g/mol. The maximum atomic E-state index is 11.7. The molecule has 1 fully saturated rings. The minimum absolute atomic E-state index is 0.194. The normalized spacial score (nSPS) is 20.1. The largest absolute Gasteiger partial charge is 0.315 e. The Kier molecular flexibility index (Phi) is 5.76. The molecule has 1 aliphatic rings. The number of rotatable bonds is 7. The summed E-state index contributed by atoms with van der Waals surface area (Å²) in [4.78, 5) is 0. The number of nitrogens with one attached hydrogen (secondary N) is 1. The van der Waals surface area contributed by atoms with Crippen LogP contribution in [-0.2, 0) is 9.84 Å². The minimum atomic E-state index is -2.87. The van der Waals surface area contributed by atoms with Gasteiger partial charge in [-0.15, -0.1) is 0 Å². The van der Waals surface area contributed by atoms with Gasteiger partial charge in [-0.25, -0.2) is 8.42 Å². The highest BCUT2D eigenvalue weighted by Crippen LogP contribution is 2.23. The van der Waals surface area contributed by atoms with Crippen LogP contribution in [-0.4, -0.2) is 32.5 Å². The molecule has 0 saturated heterocycles. The highest BCUT2D eigenvalue weighted by molar-refractivity contribution is 7.92. The van der Waals surface area contributed by atoms with Gasteiger partial charge in [0.05, 0.1) is 11.0 Å². The Morgan fingerprint density at radius 1 is 1.31 bits per heavy atom. The molecular formula is C12H25NO2S. The standard InChI is InChI=1S/C12H25NO2S/c1-3-11(2)16(14,15)9-8-13-10-12-6-4-5-7-12/h11-13H,3-10H2,1-2H3. The van der Waals surface area contributed by atoms with Crippen molar-refractivity contribution in [3.05, 3.63) is 0 Å². The van der Waals surface area contributed by atoms with Crippen LogP contribution in [0.2, 0.25) is 0 Å². The molecule has 0 aliphatic heterocycles. The molecule has 1 saturated carbocycles. The first-order valence-corrected chi connectivity index (χ1v) is 8.20. The molecule has 16 heavy (non-hydrogen) atoms. The lowest BCUT2D eigenvalue weighted by molar-refractivity contribution is 0.496. The van der Waals surface area contributed by atoms with E-state index in [-0.39, 0.29) is 11.0 Å². The molecule has 0 aromatic carbocycles. The third-order valence-corrected chi connectivity index (χ3v) is 5.99. The molecule has 4 heteroatoms. The van der Waals surface area contributed by atoms with Gasteiger partial charge in [-0.2, -0.15) is 0 Å². The average molecular weight is 247 g/mol. The van der Waals surface area contributed by atoms with E-state index in [0.29, 0.717) is 13.0 Å². The SMILES string of the molecule is CCC(C)S(=O)(=O)CCNCC1CCCC1. The minimum Gasteiger partial charge on any atom is -0.315 e. The van der Waals surface area contributed by atoms with Gasteiger partial charge in [0.25, 0.3) is 0 Å². The van der Waals surface area contributed by atoms with Crippen molar-refractivity contribution in [1.29, 1.82) is 0 Å². The molecular weight excluding hydrogens is 222 g/mol. The summed E-state index contributed by atoms with van der Waals surface area (Å²) in [5, 5.41) is 3.09. The van der Waals surface area contributed by atoms with Gasteiger partial charge >= 0.3 is 0 Å². The van der Waals surface area contributed by atoms with Crippen LogP contribution in [0.1, 0.15) is 46.0 Å². The maximum Gasteiger partial charge on any atom is 0.154 e. The van der Waals surface area contributed by atoms with Crippen LogP contribution in [0.5, 0.6) is 0 Å². The van der Waals surface area contributed by atoms with E-state index in [4.69, 9.17) is 0 Å². The van der Waals surface area contributed by atoms with Crippen LogP contribution < -0.4 is 5.32 Å². The lowest BCUT2D eigenvalue weighted by Crippen LogP contribution is -2.30. The van der Waals surface area contributed by atoms with E-state index in [1.54, 1.807) is 6.92 Å². The van der Waals surface area contributed by atoms with E-state index in [9.17, 15) is 8.42 Å². The topological polar surface area (TPSA) is 46.2 Å². The van der Waals surface area contributed by atoms with Crippen LogP contribution >= 0.6 is 0 Å². The van der Waals surface area contributed by atoms with E-state index in [2.05, 4.69) is 5.32 Å². The second-order valence-electron chi connectivity index (χ2n) is 4.94. The van der Waals surface area contributed by atoms with Crippen molar-refractivity contribution >= 4 is 9.84 Å². The van der Waals surface area contributed by atoms with Crippen molar-refractivity contribution < 1.29 is 8.42 Å². The summed E-state index contributed by atoms with van der Waals surface area (Å²) < 4.78 is 23.4. The fourth-order valence-electron chi connectivity index (χ4n) is 2.19. The Labute approximate surface area is 99.9 Å². The quantitative estimate of drug-likeness (QED) is 0.700. The molecule has 0 spiro atoms. The zero-order valence-corrected chi connectivity index (χ0v) is 11.4. The second kappa shape index (κ2) is 6.60. The van der Waals surface area contributed by atoms with Crippen molar-refractivity contribution in [2.24, 2.45) is 5.92 Å². The summed E-state index contributed by atoms with van der Waals surface area (Å²) >= 11 is 0. The maximum absolute atomic E-state index is 11.7. The summed E-state index contributed by atoms with van der Waals surface area (Å²) in [6.45, 7) is 5.33. The van der Waals surface area contributed by atoms with Crippen LogP contribution in [0, 0.1) is 5.92 Å². The lowest BCUT2D eigenvalue weighted by atomic mass is 10.1. The van der Waals surface area contributed by atoms with Crippen molar-refractivity contribution in [1.82, 2.24) is 5.32 Å². The highest BCUT2D eigenvalue weighted by atomic mass is 32.2. The van der Waals surface area contributed by atoms with Gasteiger partial charge < -0.3 is 5.32 Å². The third kappa shape index (κ3) is 4.42. The zero-order chi connectivity index (χ0) is 12.0. The summed E-state index contributed by atoms with van der Waals surface area (Å²) in [5.41, 5.74) is 0. The summed E-state index contributed by atoms with van der Waals surface area (Å²) in [5.74, 6) is 1.07. The summed E-state index contributed by atoms with van der Waals surface area (Å²) in [7, 11) is -2.87. The van der Waals surface area contributed by atoms with E-state index < -0.39 is 9.84 Å². The Bertz CT molecular complexity index is 281. The van der Waals surface area contributed by atoms with Crippen molar-refractivity contribution in [3.8, 4) is 0 Å². The van der Waals surface area contributed by atoms with Gasteiger partial charge in [-0.3, -0.25) is 0 Å². The van der Waals surface area contributed by atoms with Gasteiger partial charge in [0.15, 0.2) is 9.84 Å². The number of hydrogen-bond acceptors (Lipinski definition) is 3. The first kappa shape index (κ1) is 14.0. The lowest BCUT2D eigenvalue weighted by Gasteiger charge is -2.13. The van der Waals surface area contributed by atoms with Crippen molar-refractivity contribution in [2.45, 2.75) is 51.2 Å². The fraction of sp³-hybridized carbons (Fsp3) is 1.00. The molecule has 1 N–H and O–H groups in total. The molecule has 0 amide bonds. The molecule has 0 aromatic heterocycles. The molecule has 1 unspecified atom stereocenters. The van der Waals surface area contributed by atoms with Gasteiger partial charge in [0.1, 0.15) is 0 Å². The average Bonchev–Trinajstić information content (AvgIpc) is 2.76. The Balaban J connectivity index is 2.14. The van der Waals surface area contributed by atoms with E-state index >= 15 is 0 Å². The van der Waals surface area contributed by atoms with Crippen LogP contribution in [0.4, 0.5) is 0 Å². The molecule has 1 atom stereocenters. The predicted molar refractivity (Wildman–Crippen MR) is 68.4 cm³/mol. The summed E-state index contributed by atoms with van der Waals surface area (Å²) in [6, 6.07) is 0. The fourth-order valence-corrected chi connectivity index (χ4v) is 3.53. The van der Waals surface area contributed by atoms with Crippen LogP contribution in [0.15, 0.2) is 0 Å². The molecule has 0 aromatic rings. The van der Waals surface area contributed by atoms with Crippen molar-refractivity contribution in [3.63, 3.8) is 0 Å². The highest BCUT2D eigenvalue weighted by Gasteiger charge is 2.19. The Morgan fingerprint density at radius 3 is 2.50 bits per heavy atom. The molecule has 96 valence electrons. The van der Waals surface area contributed by atoms with E-state index in [0.717, 1.165) is 12.5 Å². The molecule has 1 aliphatic carbocycles. The molecule has 0 heterocycles. The Morgan fingerprint density at radius 2 is 1.94 bits per heavy atom. The number of sulfone groups is 1. The molecule has 1 rings (SSSR count). The third-order valence-electron chi connectivity index (χ3n) is 3.66. The van der Waals surface area contributed by atoms with Gasteiger partial charge in [0.2, 0.25) is 0 Å². The smallest absolute Gasteiger partial charge is 0.154 e. The van der Waals surface area contributed by atoms with Crippen molar-refractivity contribution in [2.75, 3.05) is 18.8 Å². The van der Waals surface area contributed by atoms with Crippen LogP contribution in [0.25, 0.3) is 0 Å². The first-order valence-electron chi connectivity index (χ1n) is 6.48. The van der Waals surface area contributed by atoms with Gasteiger partial charge in [-0.05, 0) is 38.6 Å². The van der Waals surface area contributed by atoms with E-state index in [1.165, 1.54) is 25.7 Å². The molecule has 0 bridgehead atoms. The molecule has 3 nitrogen and oxygen atoms in total. The molecule has 0 radical (unpaired) electrons.